The van der Waals surface area contributed by atoms with Crippen molar-refractivity contribution in [2.45, 2.75) is 19.8 Å². The van der Waals surface area contributed by atoms with Gasteiger partial charge in [-0.15, -0.1) is 0 Å². The lowest BCUT2D eigenvalue weighted by molar-refractivity contribution is 0.378. The van der Waals surface area contributed by atoms with Crippen LogP contribution in [0.2, 0.25) is 0 Å². The molecule has 0 radical (unpaired) electrons. The predicted octanol–water partition coefficient (Wildman–Crippen LogP) is 3.60. The van der Waals surface area contributed by atoms with E-state index >= 15 is 0 Å². The Morgan fingerprint density at radius 1 is 1.20 bits per heavy atom. The molecule has 0 saturated heterocycles. The molecule has 0 atom stereocenters. The molecule has 0 aromatic heterocycles. The Bertz CT molecular complexity index is 337. The molecule has 0 N–H and O–H groups in total. The molecule has 1 rings (SSSR count). The van der Waals surface area contributed by atoms with E-state index in [4.69, 9.17) is 4.74 Å². The van der Waals surface area contributed by atoms with Gasteiger partial charge in [0.05, 0.1) is 0 Å². The number of hydrogen-bond donors (Lipinski definition) is 0. The van der Waals surface area contributed by atoms with E-state index in [1.807, 2.05) is 12.1 Å². The van der Waals surface area contributed by atoms with E-state index in [0.717, 1.165) is 18.6 Å². The zero-order valence-corrected chi connectivity index (χ0v) is 10.6. The molecule has 2 nitrogen and oxygen atoms in total. The normalized spacial score (nSPS) is 11.4. The van der Waals surface area contributed by atoms with Crippen LogP contribution in [0, 0.1) is 0 Å². The smallest absolute Gasteiger partial charge is 0.140 e. The van der Waals surface area contributed by atoms with Crippen LogP contribution in [0.15, 0.2) is 24.3 Å². The van der Waals surface area contributed by atoms with Gasteiger partial charge in [-0.25, -0.2) is 0 Å². The van der Waals surface area contributed by atoms with E-state index in [0.29, 0.717) is 6.35 Å². The third kappa shape index (κ3) is 5.03. The maximum Gasteiger partial charge on any atom is 0.140 e. The van der Waals surface area contributed by atoms with Crippen LogP contribution in [0.5, 0.6) is 5.75 Å². The van der Waals surface area contributed by atoms with Crippen LogP contribution in [0.3, 0.4) is 0 Å². The second kappa shape index (κ2) is 5.37. The molecule has 0 unspecified atom stereocenters. The lowest BCUT2D eigenvalue weighted by Crippen LogP contribution is -1.97. The Balaban J connectivity index is 2.53. The number of aryl methyl sites for hydroxylation is 1. The summed E-state index contributed by atoms with van der Waals surface area (Å²) in [6.45, 7) is 5.63. The van der Waals surface area contributed by atoms with Crippen molar-refractivity contribution in [1.29, 1.82) is 0 Å². The first-order valence-electron chi connectivity index (χ1n) is 5.27. The summed E-state index contributed by atoms with van der Waals surface area (Å²) < 4.78 is 16.9. The van der Waals surface area contributed by atoms with Gasteiger partial charge in [-0.2, -0.15) is 0 Å². The van der Waals surface area contributed by atoms with Crippen molar-refractivity contribution in [3.8, 4) is 5.75 Å². The second-order valence-corrected chi connectivity index (χ2v) is 7.65. The Morgan fingerprint density at radius 3 is 2.27 bits per heavy atom. The van der Waals surface area contributed by atoms with Crippen molar-refractivity contribution in [3.63, 3.8) is 0 Å². The van der Waals surface area contributed by atoms with E-state index in [9.17, 15) is 4.57 Å². The topological polar surface area (TPSA) is 26.3 Å². The largest absolute Gasteiger partial charge is 0.486 e. The monoisotopic (exact) mass is 226 g/mol. The molecule has 15 heavy (non-hydrogen) atoms. The summed E-state index contributed by atoms with van der Waals surface area (Å²) in [5, 5.41) is 0. The van der Waals surface area contributed by atoms with Gasteiger partial charge < -0.3 is 9.30 Å². The van der Waals surface area contributed by atoms with E-state index in [1.165, 1.54) is 5.56 Å². The first-order valence-corrected chi connectivity index (χ1v) is 8.05. The molecule has 0 aliphatic carbocycles. The van der Waals surface area contributed by atoms with Crippen molar-refractivity contribution in [2.24, 2.45) is 0 Å². The average molecular weight is 226 g/mol. The van der Waals surface area contributed by atoms with Gasteiger partial charge in [0, 0.05) is 0 Å². The first kappa shape index (κ1) is 12.3. The van der Waals surface area contributed by atoms with Crippen molar-refractivity contribution in [1.82, 2.24) is 0 Å². The van der Waals surface area contributed by atoms with Gasteiger partial charge in [0.1, 0.15) is 19.2 Å². The minimum atomic E-state index is -2.08. The molecule has 0 aliphatic heterocycles. The zero-order chi connectivity index (χ0) is 11.3. The number of benzene rings is 1. The van der Waals surface area contributed by atoms with E-state index in [2.05, 4.69) is 19.1 Å². The summed E-state index contributed by atoms with van der Waals surface area (Å²) in [4.78, 5) is 0. The molecule has 84 valence electrons. The molecule has 3 heteroatoms. The Hall–Kier alpha value is -0.750. The molecule has 1 aromatic rings. The van der Waals surface area contributed by atoms with Crippen LogP contribution in [0.25, 0.3) is 0 Å². The molecular formula is C12H19O2P. The minimum absolute atomic E-state index is 0.320. The summed E-state index contributed by atoms with van der Waals surface area (Å²) >= 11 is 0. The third-order valence-corrected chi connectivity index (χ3v) is 2.76. The highest BCUT2D eigenvalue weighted by Crippen LogP contribution is 2.35. The second-order valence-electron chi connectivity index (χ2n) is 4.24. The summed E-state index contributed by atoms with van der Waals surface area (Å²) in [6, 6.07) is 8.02. The summed E-state index contributed by atoms with van der Waals surface area (Å²) in [6.07, 6.45) is 2.57. The quantitative estimate of drug-likeness (QED) is 0.717. The van der Waals surface area contributed by atoms with E-state index in [1.54, 1.807) is 13.3 Å². The highest BCUT2D eigenvalue weighted by atomic mass is 31.2. The zero-order valence-electron chi connectivity index (χ0n) is 9.69. The van der Waals surface area contributed by atoms with Crippen LogP contribution >= 0.6 is 7.14 Å². The molecule has 0 saturated carbocycles. The van der Waals surface area contributed by atoms with Crippen molar-refractivity contribution in [2.75, 3.05) is 19.7 Å². The molecule has 0 heterocycles. The predicted molar refractivity (Wildman–Crippen MR) is 65.4 cm³/mol. The Kier molecular flexibility index (Phi) is 4.41. The van der Waals surface area contributed by atoms with Gasteiger partial charge in [-0.05, 0) is 37.4 Å². The van der Waals surface area contributed by atoms with E-state index < -0.39 is 7.14 Å². The molecule has 0 amide bonds. The molecule has 0 aliphatic rings. The first-order chi connectivity index (χ1) is 7.01. The number of ether oxygens (including phenoxy) is 1. The van der Waals surface area contributed by atoms with E-state index in [-0.39, 0.29) is 0 Å². The fourth-order valence-corrected chi connectivity index (χ4v) is 1.73. The van der Waals surface area contributed by atoms with Crippen molar-refractivity contribution in [3.05, 3.63) is 29.8 Å². The molecule has 0 spiro atoms. The highest BCUT2D eigenvalue weighted by Gasteiger charge is 2.07. The lowest BCUT2D eigenvalue weighted by atomic mass is 10.1. The Labute approximate surface area is 92.0 Å². The maximum atomic E-state index is 11.4. The van der Waals surface area contributed by atoms with Gasteiger partial charge >= 0.3 is 0 Å². The summed E-state index contributed by atoms with van der Waals surface area (Å²) in [7, 11) is -2.08. The standard InChI is InChI=1S/C12H19O2P/c1-4-5-11-6-8-12(9-7-11)14-10-15(2,3)13/h6-9H,4-5,10H2,1-3H3. The number of rotatable bonds is 5. The average Bonchev–Trinajstić information content (AvgIpc) is 2.16. The van der Waals surface area contributed by atoms with Crippen LogP contribution < -0.4 is 4.74 Å². The molecule has 0 bridgehead atoms. The van der Waals surface area contributed by atoms with Gasteiger partial charge in [0.25, 0.3) is 0 Å². The van der Waals surface area contributed by atoms with Gasteiger partial charge in [-0.1, -0.05) is 25.5 Å². The van der Waals surface area contributed by atoms with Gasteiger partial charge in [0.2, 0.25) is 0 Å². The third-order valence-electron chi connectivity index (χ3n) is 2.00. The summed E-state index contributed by atoms with van der Waals surface area (Å²) in [5.74, 6) is 0.804. The van der Waals surface area contributed by atoms with Gasteiger partial charge in [0.15, 0.2) is 0 Å². The van der Waals surface area contributed by atoms with Crippen LogP contribution in [-0.4, -0.2) is 19.7 Å². The fraction of sp³-hybridized carbons (Fsp3) is 0.500. The van der Waals surface area contributed by atoms with Crippen LogP contribution in [0.1, 0.15) is 18.9 Å². The molecule has 0 fully saturated rings. The highest BCUT2D eigenvalue weighted by molar-refractivity contribution is 7.62. The minimum Gasteiger partial charge on any atom is -0.486 e. The summed E-state index contributed by atoms with van der Waals surface area (Å²) in [5.41, 5.74) is 1.32. The number of hydrogen-bond acceptors (Lipinski definition) is 2. The molecule has 1 aromatic carbocycles. The van der Waals surface area contributed by atoms with Crippen LogP contribution in [0.4, 0.5) is 0 Å². The SMILES string of the molecule is CCCc1ccc(OCP(C)(C)=O)cc1. The van der Waals surface area contributed by atoms with Crippen LogP contribution in [-0.2, 0) is 11.0 Å². The lowest BCUT2D eigenvalue weighted by Gasteiger charge is -2.09. The fourth-order valence-electron chi connectivity index (χ4n) is 1.27. The van der Waals surface area contributed by atoms with Gasteiger partial charge in [-0.3, -0.25) is 0 Å². The Morgan fingerprint density at radius 2 is 1.80 bits per heavy atom. The van der Waals surface area contributed by atoms with Crippen molar-refractivity contribution >= 4 is 7.14 Å². The molecular weight excluding hydrogens is 207 g/mol. The van der Waals surface area contributed by atoms with Crippen molar-refractivity contribution < 1.29 is 9.30 Å². The maximum absolute atomic E-state index is 11.4.